The van der Waals surface area contributed by atoms with Crippen molar-refractivity contribution in [3.63, 3.8) is 0 Å². The number of aryl methyl sites for hydroxylation is 2. The molecule has 19 heavy (non-hydrogen) atoms. The zero-order chi connectivity index (χ0) is 13.8. The molecule has 0 saturated carbocycles. The topological polar surface area (TPSA) is 38.1 Å². The molecule has 1 aromatic heterocycles. The molecule has 2 rings (SSSR count). The average molecular weight is 279 g/mol. The van der Waals surface area contributed by atoms with E-state index in [-0.39, 0.29) is 0 Å². The third-order valence-corrected chi connectivity index (χ3v) is 3.47. The largest absolute Gasteiger partial charge is 0.385 e. The lowest BCUT2D eigenvalue weighted by atomic mass is 10.1. The Morgan fingerprint density at radius 1 is 1.32 bits per heavy atom. The summed E-state index contributed by atoms with van der Waals surface area (Å²) in [6, 6.07) is 7.94. The van der Waals surface area contributed by atoms with Crippen molar-refractivity contribution in [2.75, 3.05) is 0 Å². The fourth-order valence-corrected chi connectivity index (χ4v) is 2.32. The van der Waals surface area contributed by atoms with Crippen LogP contribution in [-0.2, 0) is 13.0 Å². The molecule has 0 aliphatic carbocycles. The highest BCUT2D eigenvalue weighted by molar-refractivity contribution is 6.30. The molecule has 0 aliphatic rings. The minimum Gasteiger partial charge on any atom is -0.385 e. The number of halogens is 1. The number of imidazole rings is 1. The van der Waals surface area contributed by atoms with Crippen LogP contribution in [0.3, 0.4) is 0 Å². The summed E-state index contributed by atoms with van der Waals surface area (Å²) in [6.07, 6.45) is 3.29. The summed E-state index contributed by atoms with van der Waals surface area (Å²) in [5.74, 6) is 0.744. The summed E-state index contributed by atoms with van der Waals surface area (Å²) >= 11 is 5.86. The molecule has 4 heteroatoms. The van der Waals surface area contributed by atoms with Gasteiger partial charge in [0, 0.05) is 23.5 Å². The van der Waals surface area contributed by atoms with Crippen LogP contribution in [0.2, 0.25) is 5.02 Å². The molecule has 1 atom stereocenters. The molecule has 1 aromatic carbocycles. The Morgan fingerprint density at radius 3 is 2.63 bits per heavy atom. The molecule has 3 nitrogen and oxygen atoms in total. The molecule has 0 bridgehead atoms. The fraction of sp³-hybridized carbons (Fsp3) is 0.400. The summed E-state index contributed by atoms with van der Waals surface area (Å²) in [5, 5.41) is 10.4. The maximum atomic E-state index is 9.67. The molecule has 1 unspecified atom stereocenters. The Hall–Kier alpha value is -1.32. The molecule has 0 radical (unpaired) electrons. The summed E-state index contributed by atoms with van der Waals surface area (Å²) in [4.78, 5) is 4.25. The van der Waals surface area contributed by atoms with E-state index in [1.54, 1.807) is 6.92 Å². The second-order valence-electron chi connectivity index (χ2n) is 4.82. The van der Waals surface area contributed by atoms with Gasteiger partial charge in [-0.15, -0.1) is 0 Å². The quantitative estimate of drug-likeness (QED) is 0.909. The van der Waals surface area contributed by atoms with Crippen molar-refractivity contribution in [2.24, 2.45) is 0 Å². The van der Waals surface area contributed by atoms with Gasteiger partial charge in [-0.2, -0.15) is 0 Å². The molecule has 1 heterocycles. The molecule has 1 N–H and O–H groups in total. The second-order valence-corrected chi connectivity index (χ2v) is 5.25. The molecular formula is C15H19ClN2O. The van der Waals surface area contributed by atoms with Gasteiger partial charge in [0.2, 0.25) is 0 Å². The first-order valence-corrected chi connectivity index (χ1v) is 6.90. The molecule has 2 aromatic rings. The van der Waals surface area contributed by atoms with Crippen molar-refractivity contribution in [3.05, 3.63) is 52.6 Å². The van der Waals surface area contributed by atoms with E-state index in [0.717, 1.165) is 35.9 Å². The number of aliphatic hydroxyl groups is 1. The Bertz CT molecular complexity index is 532. The van der Waals surface area contributed by atoms with Crippen LogP contribution in [0.4, 0.5) is 0 Å². The predicted molar refractivity (Wildman–Crippen MR) is 77.4 cm³/mol. The number of hydrogen-bond donors (Lipinski definition) is 1. The van der Waals surface area contributed by atoms with Gasteiger partial charge in [-0.3, -0.25) is 0 Å². The molecule has 0 amide bonds. The first-order chi connectivity index (χ1) is 9.08. The minimum absolute atomic E-state index is 0.524. The Morgan fingerprint density at radius 2 is 2.00 bits per heavy atom. The highest BCUT2D eigenvalue weighted by atomic mass is 35.5. The van der Waals surface area contributed by atoms with Gasteiger partial charge in [-0.1, -0.05) is 23.7 Å². The number of hydrogen-bond acceptors (Lipinski definition) is 2. The van der Waals surface area contributed by atoms with Gasteiger partial charge in [-0.05, 0) is 44.4 Å². The Labute approximate surface area is 118 Å². The summed E-state index contributed by atoms with van der Waals surface area (Å²) < 4.78 is 2.08. The van der Waals surface area contributed by atoms with Crippen LogP contribution >= 0.6 is 11.6 Å². The first-order valence-electron chi connectivity index (χ1n) is 6.52. The number of rotatable bonds is 5. The lowest BCUT2D eigenvalue weighted by molar-refractivity contribution is 0.183. The first kappa shape index (κ1) is 14.1. The van der Waals surface area contributed by atoms with Crippen LogP contribution in [0.15, 0.2) is 30.5 Å². The van der Waals surface area contributed by atoms with Gasteiger partial charge in [-0.25, -0.2) is 4.98 Å². The van der Waals surface area contributed by atoms with E-state index in [9.17, 15) is 5.11 Å². The second kappa shape index (κ2) is 6.22. The molecule has 0 spiro atoms. The van der Waals surface area contributed by atoms with Crippen molar-refractivity contribution >= 4 is 11.6 Å². The third-order valence-electron chi connectivity index (χ3n) is 3.22. The van der Waals surface area contributed by atoms with Crippen molar-refractivity contribution in [3.8, 4) is 0 Å². The number of aromatic nitrogens is 2. The highest BCUT2D eigenvalue weighted by Gasteiger charge is 2.11. The van der Waals surface area contributed by atoms with E-state index in [1.165, 1.54) is 5.56 Å². The zero-order valence-electron chi connectivity index (χ0n) is 11.3. The molecule has 102 valence electrons. The molecule has 0 saturated heterocycles. The van der Waals surface area contributed by atoms with Crippen LogP contribution in [0.1, 0.15) is 36.5 Å². The molecule has 0 aliphatic heterocycles. The minimum atomic E-state index is -0.524. The smallest absolute Gasteiger partial charge is 0.137 e. The summed E-state index contributed by atoms with van der Waals surface area (Å²) in [7, 11) is 0. The van der Waals surface area contributed by atoms with Gasteiger partial charge < -0.3 is 9.67 Å². The van der Waals surface area contributed by atoms with Crippen molar-refractivity contribution in [1.29, 1.82) is 0 Å². The lowest BCUT2D eigenvalue weighted by Crippen LogP contribution is -2.09. The van der Waals surface area contributed by atoms with Crippen LogP contribution in [0, 0.1) is 6.92 Å². The highest BCUT2D eigenvalue weighted by Crippen LogP contribution is 2.15. The predicted octanol–water partition coefficient (Wildman–Crippen LogP) is 3.53. The van der Waals surface area contributed by atoms with Gasteiger partial charge in [0.25, 0.3) is 0 Å². The summed E-state index contributed by atoms with van der Waals surface area (Å²) in [5.41, 5.74) is 2.37. The standard InChI is InChI=1S/C15H19ClN2O/c1-11-10-17-15(12(2)19)18(11)9-3-4-13-5-7-14(16)8-6-13/h5-8,10,12,19H,3-4,9H2,1-2H3. The SMILES string of the molecule is Cc1cnc(C(C)O)n1CCCc1ccc(Cl)cc1. The van der Waals surface area contributed by atoms with E-state index in [2.05, 4.69) is 21.7 Å². The molecule has 0 fully saturated rings. The van der Waals surface area contributed by atoms with Gasteiger partial charge in [0.05, 0.1) is 0 Å². The lowest BCUT2D eigenvalue weighted by Gasteiger charge is -2.11. The summed E-state index contributed by atoms with van der Waals surface area (Å²) in [6.45, 7) is 4.63. The van der Waals surface area contributed by atoms with Crippen molar-refractivity contribution in [1.82, 2.24) is 9.55 Å². The van der Waals surface area contributed by atoms with Gasteiger partial charge in [0.1, 0.15) is 11.9 Å². The van der Waals surface area contributed by atoms with Crippen LogP contribution in [0.5, 0.6) is 0 Å². The van der Waals surface area contributed by atoms with E-state index >= 15 is 0 Å². The van der Waals surface area contributed by atoms with E-state index in [4.69, 9.17) is 11.6 Å². The number of aliphatic hydroxyl groups excluding tert-OH is 1. The van der Waals surface area contributed by atoms with Crippen LogP contribution in [0.25, 0.3) is 0 Å². The Balaban J connectivity index is 1.96. The molecular weight excluding hydrogens is 260 g/mol. The number of nitrogens with zero attached hydrogens (tertiary/aromatic N) is 2. The normalized spacial score (nSPS) is 12.6. The van der Waals surface area contributed by atoms with E-state index < -0.39 is 6.10 Å². The van der Waals surface area contributed by atoms with Gasteiger partial charge >= 0.3 is 0 Å². The van der Waals surface area contributed by atoms with Crippen molar-refractivity contribution < 1.29 is 5.11 Å². The van der Waals surface area contributed by atoms with Crippen LogP contribution in [-0.4, -0.2) is 14.7 Å². The van der Waals surface area contributed by atoms with E-state index in [1.807, 2.05) is 25.3 Å². The van der Waals surface area contributed by atoms with E-state index in [0.29, 0.717) is 0 Å². The van der Waals surface area contributed by atoms with Gasteiger partial charge in [0.15, 0.2) is 0 Å². The monoisotopic (exact) mass is 278 g/mol. The van der Waals surface area contributed by atoms with Crippen molar-refractivity contribution in [2.45, 2.75) is 39.3 Å². The maximum absolute atomic E-state index is 9.67. The maximum Gasteiger partial charge on any atom is 0.137 e. The Kier molecular flexibility index (Phi) is 4.61. The zero-order valence-corrected chi connectivity index (χ0v) is 12.1. The fourth-order valence-electron chi connectivity index (χ4n) is 2.20. The third kappa shape index (κ3) is 3.58. The number of benzene rings is 1. The van der Waals surface area contributed by atoms with Crippen LogP contribution < -0.4 is 0 Å². The average Bonchev–Trinajstić information content (AvgIpc) is 2.74.